The van der Waals surface area contributed by atoms with Crippen LogP contribution >= 0.6 is 0 Å². The number of halogens is 6. The van der Waals surface area contributed by atoms with Gasteiger partial charge in [-0.3, -0.25) is 0 Å². The van der Waals surface area contributed by atoms with Gasteiger partial charge in [-0.05, 0) is 25.7 Å². The fraction of sp³-hybridized carbons (Fsp3) is 0.778. The first-order valence-electron chi connectivity index (χ1n) is 4.71. The van der Waals surface area contributed by atoms with Crippen molar-refractivity contribution in [2.75, 3.05) is 0 Å². The summed E-state index contributed by atoms with van der Waals surface area (Å²) < 4.78 is 76.9. The molecule has 7 heteroatoms. The van der Waals surface area contributed by atoms with E-state index in [0.717, 1.165) is 12.8 Å². The van der Waals surface area contributed by atoms with Crippen molar-refractivity contribution in [3.63, 3.8) is 0 Å². The highest BCUT2D eigenvalue weighted by molar-refractivity contribution is 5.05. The van der Waals surface area contributed by atoms with E-state index >= 15 is 0 Å². The van der Waals surface area contributed by atoms with Gasteiger partial charge in [-0.25, -0.2) is 4.39 Å². The quantitative estimate of drug-likeness (QED) is 0.542. The second-order valence-corrected chi connectivity index (χ2v) is 3.58. The first-order valence-corrected chi connectivity index (χ1v) is 4.71. The van der Waals surface area contributed by atoms with E-state index in [1.165, 1.54) is 0 Å². The highest BCUT2D eigenvalue weighted by Gasteiger charge is 2.61. The Morgan fingerprint density at radius 3 is 2.00 bits per heavy atom. The normalized spacial score (nSPS) is 20.2. The Bertz CT molecular complexity index is 264. The van der Waals surface area contributed by atoms with Gasteiger partial charge >= 0.3 is 12.1 Å². The van der Waals surface area contributed by atoms with Crippen LogP contribution in [0.4, 0.5) is 26.3 Å². The maximum Gasteiger partial charge on any atom is 0.460 e. The lowest BCUT2D eigenvalue weighted by molar-refractivity contribution is -0.271. The molecule has 1 fully saturated rings. The number of hydrogen-bond acceptors (Lipinski definition) is 1. The summed E-state index contributed by atoms with van der Waals surface area (Å²) in [6.45, 7) is 0. The van der Waals surface area contributed by atoms with Crippen molar-refractivity contribution in [1.29, 1.82) is 0 Å². The predicted octanol–water partition coefficient (Wildman–Crippen LogP) is 3.95. The zero-order valence-corrected chi connectivity index (χ0v) is 8.16. The van der Waals surface area contributed by atoms with Crippen LogP contribution < -0.4 is 0 Å². The molecule has 0 aromatic rings. The van der Waals surface area contributed by atoms with Gasteiger partial charge in [0.25, 0.3) is 0 Å². The second kappa shape index (κ2) is 4.55. The van der Waals surface area contributed by atoms with Crippen LogP contribution in [-0.4, -0.2) is 18.2 Å². The Morgan fingerprint density at radius 2 is 1.56 bits per heavy atom. The highest BCUT2D eigenvalue weighted by Crippen LogP contribution is 2.41. The lowest BCUT2D eigenvalue weighted by atomic mass is 10.3. The number of alkyl halides is 5. The Hall–Kier alpha value is -0.880. The first kappa shape index (κ1) is 13.2. The molecule has 94 valence electrons. The molecule has 1 aliphatic rings. The molecule has 0 saturated heterocycles. The average molecular weight is 248 g/mol. The van der Waals surface area contributed by atoms with Crippen molar-refractivity contribution >= 4 is 0 Å². The molecule has 1 nitrogen and oxygen atoms in total. The van der Waals surface area contributed by atoms with Gasteiger partial charge in [0.2, 0.25) is 5.83 Å². The monoisotopic (exact) mass is 248 g/mol. The molecule has 0 spiro atoms. The van der Waals surface area contributed by atoms with Crippen LogP contribution in [0.2, 0.25) is 0 Å². The fourth-order valence-corrected chi connectivity index (χ4v) is 1.39. The molecular formula is C9H10F6O. The van der Waals surface area contributed by atoms with Crippen molar-refractivity contribution in [2.45, 2.75) is 43.9 Å². The van der Waals surface area contributed by atoms with Crippen molar-refractivity contribution in [1.82, 2.24) is 0 Å². The van der Waals surface area contributed by atoms with E-state index in [9.17, 15) is 26.3 Å². The van der Waals surface area contributed by atoms with Crippen LogP contribution in [0.25, 0.3) is 0 Å². The molecule has 0 aromatic carbocycles. The van der Waals surface area contributed by atoms with Crippen molar-refractivity contribution in [3.8, 4) is 0 Å². The van der Waals surface area contributed by atoms with Crippen molar-refractivity contribution < 1.29 is 31.1 Å². The topological polar surface area (TPSA) is 9.23 Å². The van der Waals surface area contributed by atoms with Crippen LogP contribution in [0.1, 0.15) is 25.7 Å². The highest BCUT2D eigenvalue weighted by atomic mass is 19.4. The summed E-state index contributed by atoms with van der Waals surface area (Å²) in [6.07, 6.45) is -3.83. The van der Waals surface area contributed by atoms with Gasteiger partial charge in [0.05, 0.1) is 6.10 Å². The summed E-state index contributed by atoms with van der Waals surface area (Å²) in [7, 11) is 0. The third-order valence-corrected chi connectivity index (χ3v) is 2.32. The third kappa shape index (κ3) is 2.82. The Morgan fingerprint density at radius 1 is 1.06 bits per heavy atom. The molecule has 0 unspecified atom stereocenters. The molecule has 0 radical (unpaired) electrons. The summed E-state index contributed by atoms with van der Waals surface area (Å²) in [5.74, 6) is -8.09. The number of ether oxygens (including phenoxy) is 1. The fourth-order valence-electron chi connectivity index (χ4n) is 1.39. The van der Waals surface area contributed by atoms with Gasteiger partial charge in [0.15, 0.2) is 0 Å². The van der Waals surface area contributed by atoms with E-state index < -0.39 is 24.0 Å². The van der Waals surface area contributed by atoms with E-state index in [0.29, 0.717) is 12.8 Å². The lowest BCUT2D eigenvalue weighted by Crippen LogP contribution is -2.37. The maximum absolute atomic E-state index is 12.6. The van der Waals surface area contributed by atoms with Crippen LogP contribution in [-0.2, 0) is 4.74 Å². The van der Waals surface area contributed by atoms with Crippen molar-refractivity contribution in [3.05, 3.63) is 12.1 Å². The van der Waals surface area contributed by atoms with Gasteiger partial charge in [0.1, 0.15) is 6.26 Å². The molecule has 0 amide bonds. The summed E-state index contributed by atoms with van der Waals surface area (Å²) in [5.41, 5.74) is 0. The molecule has 1 rings (SSSR count). The SMILES string of the molecule is F/C(=C\OC1CCCC1)C(F)(F)C(F)(F)F. The van der Waals surface area contributed by atoms with E-state index in [2.05, 4.69) is 4.74 Å². The molecule has 16 heavy (non-hydrogen) atoms. The van der Waals surface area contributed by atoms with E-state index in [4.69, 9.17) is 0 Å². The molecule has 0 bridgehead atoms. The molecule has 0 atom stereocenters. The van der Waals surface area contributed by atoms with E-state index in [1.807, 2.05) is 0 Å². The van der Waals surface area contributed by atoms with Crippen LogP contribution in [0.15, 0.2) is 12.1 Å². The van der Waals surface area contributed by atoms with Crippen molar-refractivity contribution in [2.24, 2.45) is 0 Å². The minimum Gasteiger partial charge on any atom is -0.495 e. The van der Waals surface area contributed by atoms with Gasteiger partial charge in [0, 0.05) is 0 Å². The zero-order chi connectivity index (χ0) is 12.4. The summed E-state index contributed by atoms with van der Waals surface area (Å²) >= 11 is 0. The van der Waals surface area contributed by atoms with Gasteiger partial charge in [-0.1, -0.05) is 0 Å². The summed E-state index contributed by atoms with van der Waals surface area (Å²) in [6, 6.07) is 0. The minimum absolute atomic E-state index is 0.122. The number of hydrogen-bond donors (Lipinski definition) is 0. The number of rotatable bonds is 3. The molecule has 0 aromatic heterocycles. The molecular weight excluding hydrogens is 238 g/mol. The van der Waals surface area contributed by atoms with Gasteiger partial charge in [-0.2, -0.15) is 22.0 Å². The smallest absolute Gasteiger partial charge is 0.460 e. The Kier molecular flexibility index (Phi) is 3.75. The third-order valence-electron chi connectivity index (χ3n) is 2.32. The summed E-state index contributed by atoms with van der Waals surface area (Å²) in [4.78, 5) is 0. The molecule has 1 aliphatic carbocycles. The van der Waals surface area contributed by atoms with Crippen LogP contribution in [0.3, 0.4) is 0 Å². The van der Waals surface area contributed by atoms with E-state index in [-0.39, 0.29) is 6.26 Å². The predicted molar refractivity (Wildman–Crippen MR) is 43.5 cm³/mol. The number of allylic oxidation sites excluding steroid dienone is 1. The molecule has 1 saturated carbocycles. The molecule has 0 aliphatic heterocycles. The standard InChI is InChI=1S/C9H10F6O/c10-7(8(11,12)9(13,14)15)5-16-6-3-1-2-4-6/h5-6H,1-4H2/b7-5-. The Balaban J connectivity index is 2.61. The second-order valence-electron chi connectivity index (χ2n) is 3.58. The molecule has 0 heterocycles. The maximum atomic E-state index is 12.6. The minimum atomic E-state index is -5.94. The molecule has 0 N–H and O–H groups in total. The van der Waals surface area contributed by atoms with Gasteiger partial charge in [-0.15, -0.1) is 0 Å². The van der Waals surface area contributed by atoms with Crippen LogP contribution in [0.5, 0.6) is 0 Å². The lowest BCUT2D eigenvalue weighted by Gasteiger charge is -2.18. The van der Waals surface area contributed by atoms with Crippen LogP contribution in [0, 0.1) is 0 Å². The first-order chi connectivity index (χ1) is 7.25. The average Bonchev–Trinajstić information content (AvgIpc) is 2.64. The van der Waals surface area contributed by atoms with E-state index in [1.54, 1.807) is 0 Å². The van der Waals surface area contributed by atoms with Gasteiger partial charge < -0.3 is 4.74 Å². The largest absolute Gasteiger partial charge is 0.495 e. The zero-order valence-electron chi connectivity index (χ0n) is 8.16. The summed E-state index contributed by atoms with van der Waals surface area (Å²) in [5, 5.41) is 0. The Labute approximate surface area is 88.1 Å².